The van der Waals surface area contributed by atoms with Gasteiger partial charge in [0.05, 0.1) is 5.56 Å². The molecular formula is C22H27F3N2O5. The average molecular weight is 456 g/mol. The van der Waals surface area contributed by atoms with E-state index < -0.39 is 41.4 Å². The summed E-state index contributed by atoms with van der Waals surface area (Å²) in [4.78, 5) is 38.6. The maximum atomic E-state index is 13.0. The van der Waals surface area contributed by atoms with Gasteiger partial charge in [0, 0.05) is 17.6 Å². The van der Waals surface area contributed by atoms with Crippen molar-refractivity contribution < 1.29 is 37.4 Å². The first-order chi connectivity index (χ1) is 14.8. The number of rotatable bonds is 4. The Hall–Kier alpha value is -2.78. The van der Waals surface area contributed by atoms with Crippen molar-refractivity contribution in [3.8, 4) is 0 Å². The lowest BCUT2D eigenvalue weighted by molar-refractivity contribution is -0.141. The van der Waals surface area contributed by atoms with Crippen LogP contribution in [0.2, 0.25) is 0 Å². The van der Waals surface area contributed by atoms with E-state index in [0.717, 1.165) is 12.1 Å². The fourth-order valence-electron chi connectivity index (χ4n) is 4.59. The minimum atomic E-state index is -4.48. The van der Waals surface area contributed by atoms with Gasteiger partial charge in [-0.3, -0.25) is 4.79 Å². The van der Waals surface area contributed by atoms with E-state index >= 15 is 0 Å². The van der Waals surface area contributed by atoms with Crippen LogP contribution in [0.4, 0.5) is 18.0 Å². The number of carbonyl (C=O) groups excluding carboxylic acids is 2. The number of carbonyl (C=O) groups is 3. The van der Waals surface area contributed by atoms with Gasteiger partial charge in [0.15, 0.2) is 0 Å². The third kappa shape index (κ3) is 5.34. The van der Waals surface area contributed by atoms with Crippen molar-refractivity contribution >= 4 is 18.0 Å². The van der Waals surface area contributed by atoms with Crippen molar-refractivity contribution in [3.63, 3.8) is 0 Å². The van der Waals surface area contributed by atoms with E-state index in [1.165, 1.54) is 12.1 Å². The molecule has 7 nitrogen and oxygen atoms in total. The normalized spacial score (nSPS) is 24.1. The molecule has 2 bridgehead atoms. The first-order valence-electron chi connectivity index (χ1n) is 10.5. The van der Waals surface area contributed by atoms with E-state index in [1.54, 1.807) is 25.7 Å². The van der Waals surface area contributed by atoms with Crippen molar-refractivity contribution in [1.82, 2.24) is 10.2 Å². The number of piperidine rings is 1. The molecule has 32 heavy (non-hydrogen) atoms. The van der Waals surface area contributed by atoms with Crippen LogP contribution >= 0.6 is 0 Å². The summed E-state index contributed by atoms with van der Waals surface area (Å²) in [6.07, 6.45) is -3.21. The fourth-order valence-corrected chi connectivity index (χ4v) is 4.59. The minimum absolute atomic E-state index is 0.162. The van der Waals surface area contributed by atoms with Crippen LogP contribution in [0.5, 0.6) is 0 Å². The highest BCUT2D eigenvalue weighted by Gasteiger charge is 2.47. The molecule has 2 heterocycles. The molecule has 2 saturated heterocycles. The van der Waals surface area contributed by atoms with Crippen LogP contribution < -0.4 is 5.32 Å². The molecule has 10 heteroatoms. The average Bonchev–Trinajstić information content (AvgIpc) is 2.93. The highest BCUT2D eigenvalue weighted by Crippen LogP contribution is 2.41. The summed E-state index contributed by atoms with van der Waals surface area (Å²) >= 11 is 0. The van der Waals surface area contributed by atoms with Gasteiger partial charge in [0.25, 0.3) is 5.91 Å². The highest BCUT2D eigenvalue weighted by molar-refractivity contribution is 5.95. The molecule has 2 amide bonds. The molecule has 2 aliphatic heterocycles. The third-order valence-electron chi connectivity index (χ3n) is 5.87. The number of amides is 2. The number of nitrogens with zero attached hydrogens (tertiary/aromatic N) is 1. The van der Waals surface area contributed by atoms with Gasteiger partial charge in [0.2, 0.25) is 0 Å². The number of nitrogens with one attached hydrogen (secondary N) is 1. The van der Waals surface area contributed by atoms with Gasteiger partial charge in [-0.2, -0.15) is 13.2 Å². The number of alkyl halides is 3. The molecule has 2 unspecified atom stereocenters. The topological polar surface area (TPSA) is 95.9 Å². The van der Waals surface area contributed by atoms with Crippen molar-refractivity contribution in [2.75, 3.05) is 0 Å². The van der Waals surface area contributed by atoms with Gasteiger partial charge in [0.1, 0.15) is 11.6 Å². The lowest BCUT2D eigenvalue weighted by Crippen LogP contribution is -2.54. The van der Waals surface area contributed by atoms with E-state index in [1.807, 2.05) is 0 Å². The van der Waals surface area contributed by atoms with E-state index in [4.69, 9.17) is 4.74 Å². The molecule has 0 saturated carbocycles. The van der Waals surface area contributed by atoms with Gasteiger partial charge in [-0.25, -0.2) is 9.59 Å². The summed E-state index contributed by atoms with van der Waals surface area (Å²) in [7, 11) is 0. The van der Waals surface area contributed by atoms with Crippen molar-refractivity contribution in [1.29, 1.82) is 0 Å². The molecule has 3 rings (SSSR count). The second-order valence-corrected chi connectivity index (χ2v) is 9.37. The van der Waals surface area contributed by atoms with Crippen molar-refractivity contribution in [2.24, 2.45) is 5.92 Å². The zero-order chi connectivity index (χ0) is 23.8. The van der Waals surface area contributed by atoms with E-state index in [0.29, 0.717) is 25.7 Å². The summed E-state index contributed by atoms with van der Waals surface area (Å²) in [5.74, 6) is -1.94. The van der Waals surface area contributed by atoms with Crippen LogP contribution in [0, 0.1) is 5.92 Å². The Morgan fingerprint density at radius 3 is 2.03 bits per heavy atom. The third-order valence-corrected chi connectivity index (χ3v) is 5.87. The monoisotopic (exact) mass is 456 g/mol. The van der Waals surface area contributed by atoms with E-state index in [9.17, 15) is 32.7 Å². The highest BCUT2D eigenvalue weighted by atomic mass is 19.4. The molecule has 3 atom stereocenters. The SMILES string of the molecule is CC(C)(C)OC(=O)N[C@H](C(=O)O)C1CC2CCC(C1)N2C(=O)c1ccc(C(F)(F)F)cc1. The first kappa shape index (κ1) is 23.9. The molecule has 2 N–H and O–H groups in total. The summed E-state index contributed by atoms with van der Waals surface area (Å²) in [5.41, 5.74) is -1.44. The van der Waals surface area contributed by atoms with Gasteiger partial charge < -0.3 is 20.1 Å². The van der Waals surface area contributed by atoms with Crippen LogP contribution in [-0.2, 0) is 15.7 Å². The van der Waals surface area contributed by atoms with Crippen molar-refractivity contribution in [3.05, 3.63) is 35.4 Å². The molecule has 0 aromatic heterocycles. The maximum absolute atomic E-state index is 13.0. The number of ether oxygens (including phenoxy) is 1. The summed E-state index contributed by atoms with van der Waals surface area (Å²) in [5, 5.41) is 12.1. The van der Waals surface area contributed by atoms with Crippen LogP contribution in [0.15, 0.2) is 24.3 Å². The number of fused-ring (bicyclic) bond motifs is 2. The smallest absolute Gasteiger partial charge is 0.416 e. The Balaban J connectivity index is 1.70. The van der Waals surface area contributed by atoms with Crippen LogP contribution in [0.1, 0.15) is 62.4 Å². The van der Waals surface area contributed by atoms with E-state index in [-0.39, 0.29) is 23.6 Å². The Morgan fingerprint density at radius 2 is 1.59 bits per heavy atom. The Kier molecular flexibility index (Phi) is 6.44. The van der Waals surface area contributed by atoms with Crippen LogP contribution in [0.25, 0.3) is 0 Å². The Labute approximate surface area is 183 Å². The van der Waals surface area contributed by atoms with Crippen LogP contribution in [-0.4, -0.2) is 51.7 Å². The zero-order valence-corrected chi connectivity index (χ0v) is 18.1. The minimum Gasteiger partial charge on any atom is -0.480 e. The zero-order valence-electron chi connectivity index (χ0n) is 18.1. The fraction of sp³-hybridized carbons (Fsp3) is 0.591. The van der Waals surface area contributed by atoms with Gasteiger partial charge >= 0.3 is 18.2 Å². The van der Waals surface area contributed by atoms with E-state index in [2.05, 4.69) is 5.32 Å². The summed E-state index contributed by atoms with van der Waals surface area (Å²) in [6.45, 7) is 5.02. The lowest BCUT2D eigenvalue weighted by Gasteiger charge is -2.41. The predicted octanol–water partition coefficient (Wildman–Crippen LogP) is 4.07. The number of hydrogen-bond donors (Lipinski definition) is 2. The van der Waals surface area contributed by atoms with Gasteiger partial charge in [-0.05, 0) is 76.6 Å². The first-order valence-corrected chi connectivity index (χ1v) is 10.5. The molecule has 1 aromatic rings. The lowest BCUT2D eigenvalue weighted by atomic mass is 9.84. The second kappa shape index (κ2) is 8.63. The molecule has 0 radical (unpaired) electrons. The number of hydrogen-bond acceptors (Lipinski definition) is 4. The molecule has 2 aliphatic rings. The number of benzene rings is 1. The van der Waals surface area contributed by atoms with Crippen LogP contribution in [0.3, 0.4) is 0 Å². The number of halogens is 3. The predicted molar refractivity (Wildman–Crippen MR) is 108 cm³/mol. The molecule has 176 valence electrons. The number of carboxylic acids is 1. The van der Waals surface area contributed by atoms with Gasteiger partial charge in [-0.1, -0.05) is 0 Å². The standard InChI is InChI=1S/C22H27F3N2O5/c1-21(2,3)32-20(31)26-17(19(29)30)13-10-15-8-9-16(11-13)27(15)18(28)12-4-6-14(7-5-12)22(23,24)25/h4-7,13,15-17H,8-11H2,1-3H3,(H,26,31)(H,29,30)/t13?,15?,16?,17-/m0/s1. The molecule has 1 aromatic carbocycles. The largest absolute Gasteiger partial charge is 0.480 e. The molecule has 0 spiro atoms. The maximum Gasteiger partial charge on any atom is 0.416 e. The molecular weight excluding hydrogens is 429 g/mol. The second-order valence-electron chi connectivity index (χ2n) is 9.37. The summed E-state index contributed by atoms with van der Waals surface area (Å²) < 4.78 is 43.5. The summed E-state index contributed by atoms with van der Waals surface area (Å²) in [6, 6.07) is 2.46. The van der Waals surface area contributed by atoms with Gasteiger partial charge in [-0.15, -0.1) is 0 Å². The Morgan fingerprint density at radius 1 is 1.06 bits per heavy atom. The number of carboxylic acid groups (broad SMARTS) is 1. The molecule has 0 aliphatic carbocycles. The van der Waals surface area contributed by atoms with Crippen molar-refractivity contribution in [2.45, 2.75) is 76.4 Å². The number of aliphatic carboxylic acids is 1. The number of alkyl carbamates (subject to hydrolysis) is 1. The Bertz CT molecular complexity index is 865. The molecule has 2 fully saturated rings. The quantitative estimate of drug-likeness (QED) is 0.712.